The molecule has 0 aromatic heterocycles. The van der Waals surface area contributed by atoms with E-state index in [0.29, 0.717) is 12.8 Å². The molecule has 6 nitrogen and oxygen atoms in total. The van der Waals surface area contributed by atoms with Gasteiger partial charge in [-0.1, -0.05) is 50.6 Å². The van der Waals surface area contributed by atoms with Crippen molar-refractivity contribution in [1.29, 1.82) is 0 Å². The summed E-state index contributed by atoms with van der Waals surface area (Å²) in [5, 5.41) is 14.4. The van der Waals surface area contributed by atoms with Gasteiger partial charge in [0.1, 0.15) is 12.1 Å². The van der Waals surface area contributed by atoms with Gasteiger partial charge in [-0.15, -0.1) is 0 Å². The van der Waals surface area contributed by atoms with Crippen LogP contribution in [-0.4, -0.2) is 35.0 Å². The van der Waals surface area contributed by atoms with Gasteiger partial charge in [0.2, 0.25) is 11.8 Å². The lowest BCUT2D eigenvalue weighted by Gasteiger charge is -2.24. The summed E-state index contributed by atoms with van der Waals surface area (Å²) in [4.78, 5) is 35.1. The van der Waals surface area contributed by atoms with Gasteiger partial charge in [-0.2, -0.15) is 0 Å². The first-order chi connectivity index (χ1) is 10.8. The van der Waals surface area contributed by atoms with Crippen molar-refractivity contribution in [2.45, 2.75) is 45.7 Å². The Hall–Kier alpha value is -2.37. The molecule has 1 aromatic rings. The van der Waals surface area contributed by atoms with Crippen LogP contribution in [0.2, 0.25) is 0 Å². The van der Waals surface area contributed by atoms with Crippen LogP contribution in [0.25, 0.3) is 0 Å². The van der Waals surface area contributed by atoms with Crippen molar-refractivity contribution >= 4 is 17.8 Å². The molecule has 23 heavy (non-hydrogen) atoms. The van der Waals surface area contributed by atoms with Crippen molar-refractivity contribution in [3.05, 3.63) is 35.9 Å². The monoisotopic (exact) mass is 320 g/mol. The minimum atomic E-state index is -1.08. The summed E-state index contributed by atoms with van der Waals surface area (Å²) in [6, 6.07) is 7.48. The van der Waals surface area contributed by atoms with Gasteiger partial charge in [0.15, 0.2) is 0 Å². The Morgan fingerprint density at radius 1 is 1.13 bits per heavy atom. The number of carboxylic acids is 1. The van der Waals surface area contributed by atoms with E-state index < -0.39 is 24.0 Å². The van der Waals surface area contributed by atoms with Gasteiger partial charge < -0.3 is 15.7 Å². The molecule has 0 unspecified atom stereocenters. The average molecular weight is 320 g/mol. The molecule has 0 radical (unpaired) electrons. The van der Waals surface area contributed by atoms with E-state index in [0.717, 1.165) is 5.56 Å². The summed E-state index contributed by atoms with van der Waals surface area (Å²) < 4.78 is 0. The third-order valence-corrected chi connectivity index (χ3v) is 3.75. The molecule has 0 heterocycles. The predicted molar refractivity (Wildman–Crippen MR) is 86.8 cm³/mol. The Kier molecular flexibility index (Phi) is 7.25. The third kappa shape index (κ3) is 6.10. The molecule has 0 aliphatic rings. The normalized spacial score (nSPS) is 14.4. The summed E-state index contributed by atoms with van der Waals surface area (Å²) in [5.41, 5.74) is 0.886. The van der Waals surface area contributed by atoms with Gasteiger partial charge >= 0.3 is 5.97 Å². The number of benzene rings is 1. The molecule has 126 valence electrons. The van der Waals surface area contributed by atoms with Crippen molar-refractivity contribution in [1.82, 2.24) is 10.6 Å². The molecule has 2 amide bonds. The Bertz CT molecular complexity index is 545. The van der Waals surface area contributed by atoms with Gasteiger partial charge in [0.05, 0.1) is 0 Å². The van der Waals surface area contributed by atoms with E-state index in [9.17, 15) is 19.5 Å². The van der Waals surface area contributed by atoms with Crippen molar-refractivity contribution in [3.63, 3.8) is 0 Å². The molecular weight excluding hydrogens is 296 g/mol. The second-order valence-electron chi connectivity index (χ2n) is 5.65. The summed E-state index contributed by atoms with van der Waals surface area (Å²) in [7, 11) is 0. The molecule has 1 rings (SSSR count). The van der Waals surface area contributed by atoms with E-state index in [4.69, 9.17) is 0 Å². The van der Waals surface area contributed by atoms with Crippen molar-refractivity contribution < 1.29 is 19.5 Å². The number of hydrogen-bond acceptors (Lipinski definition) is 3. The fraction of sp³-hybridized carbons (Fsp3) is 0.471. The molecule has 0 spiro atoms. The smallest absolute Gasteiger partial charge is 0.326 e. The first-order valence-electron chi connectivity index (χ1n) is 7.69. The zero-order valence-electron chi connectivity index (χ0n) is 13.7. The fourth-order valence-electron chi connectivity index (χ4n) is 2.24. The molecular formula is C17H24N2O4. The number of hydrogen-bond donors (Lipinski definition) is 3. The van der Waals surface area contributed by atoms with Crippen molar-refractivity contribution in [3.8, 4) is 0 Å². The number of carboxylic acid groups (broad SMARTS) is 1. The highest BCUT2D eigenvalue weighted by Crippen LogP contribution is 2.09. The Labute approximate surface area is 136 Å². The second-order valence-corrected chi connectivity index (χ2v) is 5.65. The zero-order chi connectivity index (χ0) is 17.4. The minimum Gasteiger partial charge on any atom is -0.480 e. The summed E-state index contributed by atoms with van der Waals surface area (Å²) >= 11 is 0. The zero-order valence-corrected chi connectivity index (χ0v) is 13.7. The molecule has 0 bridgehead atoms. The van der Waals surface area contributed by atoms with E-state index in [-0.39, 0.29) is 11.8 Å². The average Bonchev–Trinajstić information content (AvgIpc) is 2.51. The SMILES string of the molecule is CC[C@@H](C)[C@@H](NC(=O)[C@H](Cc1ccccc1)NC(C)=O)C(=O)O. The molecule has 0 fully saturated rings. The summed E-state index contributed by atoms with van der Waals surface area (Å²) in [5.74, 6) is -2.10. The Morgan fingerprint density at radius 2 is 1.74 bits per heavy atom. The molecule has 6 heteroatoms. The van der Waals surface area contributed by atoms with E-state index in [1.807, 2.05) is 37.3 Å². The predicted octanol–water partition coefficient (Wildman–Crippen LogP) is 1.35. The van der Waals surface area contributed by atoms with E-state index >= 15 is 0 Å². The van der Waals surface area contributed by atoms with Crippen LogP contribution in [-0.2, 0) is 20.8 Å². The molecule has 1 aromatic carbocycles. The van der Waals surface area contributed by atoms with Crippen LogP contribution >= 0.6 is 0 Å². The van der Waals surface area contributed by atoms with Crippen LogP contribution < -0.4 is 10.6 Å². The lowest BCUT2D eigenvalue weighted by Crippen LogP contribution is -2.53. The lowest BCUT2D eigenvalue weighted by molar-refractivity contribution is -0.143. The van der Waals surface area contributed by atoms with Gasteiger partial charge in [0.25, 0.3) is 0 Å². The second kappa shape index (κ2) is 8.92. The Balaban J connectivity index is 2.86. The summed E-state index contributed by atoms with van der Waals surface area (Å²) in [6.07, 6.45) is 0.930. The fourth-order valence-corrected chi connectivity index (χ4v) is 2.24. The summed E-state index contributed by atoms with van der Waals surface area (Å²) in [6.45, 7) is 4.96. The maximum absolute atomic E-state index is 12.4. The molecule has 3 N–H and O–H groups in total. The molecule has 3 atom stereocenters. The molecule has 0 saturated carbocycles. The van der Waals surface area contributed by atoms with Crippen molar-refractivity contribution in [2.75, 3.05) is 0 Å². The number of aliphatic carboxylic acids is 1. The highest BCUT2D eigenvalue weighted by Gasteiger charge is 2.29. The number of carbonyl (C=O) groups is 3. The van der Waals surface area contributed by atoms with Gasteiger partial charge in [-0.05, 0) is 11.5 Å². The van der Waals surface area contributed by atoms with Gasteiger partial charge in [-0.3, -0.25) is 9.59 Å². The van der Waals surface area contributed by atoms with Crippen LogP contribution in [0.5, 0.6) is 0 Å². The lowest BCUT2D eigenvalue weighted by atomic mass is 9.98. The largest absolute Gasteiger partial charge is 0.480 e. The molecule has 0 saturated heterocycles. The molecule has 0 aliphatic heterocycles. The number of rotatable bonds is 8. The van der Waals surface area contributed by atoms with E-state index in [1.54, 1.807) is 6.92 Å². The van der Waals surface area contributed by atoms with Gasteiger partial charge in [0, 0.05) is 13.3 Å². The highest BCUT2D eigenvalue weighted by atomic mass is 16.4. The minimum absolute atomic E-state index is 0.203. The number of carbonyl (C=O) groups excluding carboxylic acids is 2. The van der Waals surface area contributed by atoms with E-state index in [1.165, 1.54) is 6.92 Å². The third-order valence-electron chi connectivity index (χ3n) is 3.75. The number of nitrogens with one attached hydrogen (secondary N) is 2. The first kappa shape index (κ1) is 18.7. The highest BCUT2D eigenvalue weighted by molar-refractivity contribution is 5.90. The van der Waals surface area contributed by atoms with Crippen molar-refractivity contribution in [2.24, 2.45) is 5.92 Å². The maximum Gasteiger partial charge on any atom is 0.326 e. The maximum atomic E-state index is 12.4. The van der Waals surface area contributed by atoms with Crippen LogP contribution in [0, 0.1) is 5.92 Å². The van der Waals surface area contributed by atoms with Crippen LogP contribution in [0.3, 0.4) is 0 Å². The standard InChI is InChI=1S/C17H24N2O4/c1-4-11(2)15(17(22)23)19-16(21)14(18-12(3)20)10-13-8-6-5-7-9-13/h5-9,11,14-15H,4,10H2,1-3H3,(H,18,20)(H,19,21)(H,22,23)/t11-,14+,15-/m1/s1. The van der Waals surface area contributed by atoms with Crippen LogP contribution in [0.4, 0.5) is 0 Å². The first-order valence-corrected chi connectivity index (χ1v) is 7.69. The Morgan fingerprint density at radius 3 is 2.22 bits per heavy atom. The van der Waals surface area contributed by atoms with Crippen LogP contribution in [0.1, 0.15) is 32.8 Å². The van der Waals surface area contributed by atoms with Crippen LogP contribution in [0.15, 0.2) is 30.3 Å². The molecule has 0 aliphatic carbocycles. The number of amides is 2. The quantitative estimate of drug-likeness (QED) is 0.674. The van der Waals surface area contributed by atoms with Gasteiger partial charge in [-0.25, -0.2) is 4.79 Å². The topological polar surface area (TPSA) is 95.5 Å². The van der Waals surface area contributed by atoms with E-state index in [2.05, 4.69) is 10.6 Å².